The van der Waals surface area contributed by atoms with Crippen molar-refractivity contribution < 1.29 is 9.90 Å². The molecule has 3 atom stereocenters. The number of carbonyl (C=O) groups excluding carboxylic acids is 1. The van der Waals surface area contributed by atoms with Crippen molar-refractivity contribution in [3.8, 4) is 0 Å². The van der Waals surface area contributed by atoms with Crippen LogP contribution in [0, 0.1) is 11.8 Å². The van der Waals surface area contributed by atoms with Crippen LogP contribution in [0.4, 0.5) is 0 Å². The smallest absolute Gasteiger partial charge is 0.210 e. The van der Waals surface area contributed by atoms with Gasteiger partial charge in [-0.3, -0.25) is 4.79 Å². The highest BCUT2D eigenvalue weighted by Gasteiger charge is 2.47. The summed E-state index contributed by atoms with van der Waals surface area (Å²) < 4.78 is 0. The maximum atomic E-state index is 10.8. The molecule has 0 aromatic rings. The molecular formula is C10H17NO2. The van der Waals surface area contributed by atoms with E-state index in [9.17, 15) is 9.90 Å². The van der Waals surface area contributed by atoms with Crippen molar-refractivity contribution in [2.45, 2.75) is 38.3 Å². The Labute approximate surface area is 78.7 Å². The monoisotopic (exact) mass is 183 g/mol. The Morgan fingerprint density at radius 1 is 1.54 bits per heavy atom. The Balaban J connectivity index is 2.08. The van der Waals surface area contributed by atoms with Crippen LogP contribution >= 0.6 is 0 Å². The molecule has 2 aliphatic rings. The van der Waals surface area contributed by atoms with Crippen LogP contribution in [-0.4, -0.2) is 35.1 Å². The minimum Gasteiger partial charge on any atom is -0.391 e. The van der Waals surface area contributed by atoms with Crippen molar-refractivity contribution in [3.05, 3.63) is 0 Å². The van der Waals surface area contributed by atoms with E-state index in [0.29, 0.717) is 11.8 Å². The van der Waals surface area contributed by atoms with Gasteiger partial charge in [-0.1, -0.05) is 6.92 Å². The highest BCUT2D eigenvalue weighted by molar-refractivity contribution is 5.49. The van der Waals surface area contributed by atoms with Gasteiger partial charge in [0, 0.05) is 12.5 Å². The van der Waals surface area contributed by atoms with Crippen LogP contribution in [-0.2, 0) is 4.79 Å². The second-order valence-electron chi connectivity index (χ2n) is 4.29. The average molecular weight is 183 g/mol. The summed E-state index contributed by atoms with van der Waals surface area (Å²) in [5, 5.41) is 9.96. The molecule has 1 aliphatic carbocycles. The number of aliphatic hydroxyl groups excluding tert-OH is 1. The number of rotatable bonds is 3. The molecule has 1 saturated heterocycles. The standard InChI is InChI=1S/C10H17NO2/c1-2-7-5-11(6-12)9(10(7)13)8-3-4-8/h6-10,13H,2-5H2,1H3. The van der Waals surface area contributed by atoms with E-state index in [0.717, 1.165) is 19.4 Å². The number of likely N-dealkylation sites (tertiary alicyclic amines) is 1. The van der Waals surface area contributed by atoms with Gasteiger partial charge in [-0.25, -0.2) is 0 Å². The maximum Gasteiger partial charge on any atom is 0.210 e. The summed E-state index contributed by atoms with van der Waals surface area (Å²) in [6.45, 7) is 2.83. The first-order chi connectivity index (χ1) is 6.27. The second kappa shape index (κ2) is 3.29. The highest BCUT2D eigenvalue weighted by atomic mass is 16.3. The largest absolute Gasteiger partial charge is 0.391 e. The molecule has 74 valence electrons. The number of nitrogens with zero attached hydrogens (tertiary/aromatic N) is 1. The average Bonchev–Trinajstić information content (AvgIpc) is 2.91. The Morgan fingerprint density at radius 2 is 2.23 bits per heavy atom. The molecular weight excluding hydrogens is 166 g/mol. The molecule has 1 amide bonds. The first-order valence-corrected chi connectivity index (χ1v) is 5.17. The number of amides is 1. The summed E-state index contributed by atoms with van der Waals surface area (Å²) in [6, 6.07) is 0.127. The lowest BCUT2D eigenvalue weighted by Gasteiger charge is -2.21. The van der Waals surface area contributed by atoms with Crippen molar-refractivity contribution >= 4 is 6.41 Å². The van der Waals surface area contributed by atoms with Gasteiger partial charge in [-0.2, -0.15) is 0 Å². The zero-order valence-corrected chi connectivity index (χ0v) is 8.02. The predicted octanol–water partition coefficient (Wildman–Crippen LogP) is 0.624. The van der Waals surface area contributed by atoms with E-state index in [-0.39, 0.29) is 12.1 Å². The second-order valence-corrected chi connectivity index (χ2v) is 4.29. The van der Waals surface area contributed by atoms with Crippen LogP contribution < -0.4 is 0 Å². The summed E-state index contributed by atoms with van der Waals surface area (Å²) in [5.74, 6) is 0.882. The quantitative estimate of drug-likeness (QED) is 0.652. The molecule has 1 aliphatic heterocycles. The van der Waals surface area contributed by atoms with Crippen molar-refractivity contribution in [1.82, 2.24) is 4.90 Å². The maximum absolute atomic E-state index is 10.8. The fourth-order valence-electron chi connectivity index (χ4n) is 2.45. The van der Waals surface area contributed by atoms with Crippen LogP contribution in [0.3, 0.4) is 0 Å². The van der Waals surface area contributed by atoms with Gasteiger partial charge in [-0.15, -0.1) is 0 Å². The van der Waals surface area contributed by atoms with E-state index >= 15 is 0 Å². The fourth-order valence-corrected chi connectivity index (χ4v) is 2.45. The van der Waals surface area contributed by atoms with Gasteiger partial charge in [0.05, 0.1) is 12.1 Å². The summed E-state index contributed by atoms with van der Waals surface area (Å²) >= 11 is 0. The molecule has 0 aromatic carbocycles. The SMILES string of the molecule is CCC1CN(C=O)C(C2CC2)C1O. The topological polar surface area (TPSA) is 40.5 Å². The van der Waals surface area contributed by atoms with Gasteiger partial charge in [0.1, 0.15) is 0 Å². The lowest BCUT2D eigenvalue weighted by atomic mass is 9.97. The van der Waals surface area contributed by atoms with Gasteiger partial charge in [-0.05, 0) is 25.2 Å². The lowest BCUT2D eigenvalue weighted by molar-refractivity contribution is -0.120. The van der Waals surface area contributed by atoms with Gasteiger partial charge < -0.3 is 10.0 Å². The summed E-state index contributed by atoms with van der Waals surface area (Å²) in [5.41, 5.74) is 0. The molecule has 13 heavy (non-hydrogen) atoms. The molecule has 2 fully saturated rings. The summed E-state index contributed by atoms with van der Waals surface area (Å²) in [4.78, 5) is 12.6. The Bertz CT molecular complexity index is 203. The van der Waals surface area contributed by atoms with Gasteiger partial charge in [0.15, 0.2) is 0 Å². The van der Waals surface area contributed by atoms with Crippen LogP contribution in [0.1, 0.15) is 26.2 Å². The van der Waals surface area contributed by atoms with E-state index in [1.165, 1.54) is 12.8 Å². The number of hydrogen-bond acceptors (Lipinski definition) is 2. The molecule has 0 aromatic heterocycles. The highest BCUT2D eigenvalue weighted by Crippen LogP contribution is 2.41. The van der Waals surface area contributed by atoms with Crippen LogP contribution in [0.15, 0.2) is 0 Å². The van der Waals surface area contributed by atoms with Gasteiger partial charge in [0.2, 0.25) is 6.41 Å². The van der Waals surface area contributed by atoms with Crippen LogP contribution in [0.5, 0.6) is 0 Å². The summed E-state index contributed by atoms with van der Waals surface area (Å²) in [6.07, 6.45) is 3.96. The normalized spacial score (nSPS) is 39.5. The van der Waals surface area contributed by atoms with Crippen LogP contribution in [0.25, 0.3) is 0 Å². The van der Waals surface area contributed by atoms with E-state index in [1.54, 1.807) is 4.90 Å². The molecule has 3 heteroatoms. The molecule has 1 N–H and O–H groups in total. The van der Waals surface area contributed by atoms with Crippen LogP contribution in [0.2, 0.25) is 0 Å². The number of hydrogen-bond donors (Lipinski definition) is 1. The van der Waals surface area contributed by atoms with Crippen molar-refractivity contribution in [2.75, 3.05) is 6.54 Å². The molecule has 0 bridgehead atoms. The molecule has 3 nitrogen and oxygen atoms in total. The summed E-state index contributed by atoms with van der Waals surface area (Å²) in [7, 11) is 0. The third-order valence-corrected chi connectivity index (χ3v) is 3.43. The molecule has 2 rings (SSSR count). The number of aliphatic hydroxyl groups is 1. The predicted molar refractivity (Wildman–Crippen MR) is 49.1 cm³/mol. The molecule has 3 unspecified atom stereocenters. The Hall–Kier alpha value is -0.570. The molecule has 0 radical (unpaired) electrons. The lowest BCUT2D eigenvalue weighted by Crippen LogP contribution is -2.36. The van der Waals surface area contributed by atoms with Gasteiger partial charge in [0.25, 0.3) is 0 Å². The van der Waals surface area contributed by atoms with Crippen molar-refractivity contribution in [1.29, 1.82) is 0 Å². The van der Waals surface area contributed by atoms with E-state index in [4.69, 9.17) is 0 Å². The minimum atomic E-state index is -0.275. The Morgan fingerprint density at radius 3 is 2.69 bits per heavy atom. The first-order valence-electron chi connectivity index (χ1n) is 5.17. The van der Waals surface area contributed by atoms with Crippen molar-refractivity contribution in [2.24, 2.45) is 11.8 Å². The van der Waals surface area contributed by atoms with Crippen molar-refractivity contribution in [3.63, 3.8) is 0 Å². The van der Waals surface area contributed by atoms with E-state index in [1.807, 2.05) is 0 Å². The van der Waals surface area contributed by atoms with Gasteiger partial charge >= 0.3 is 0 Å². The van der Waals surface area contributed by atoms with E-state index < -0.39 is 0 Å². The molecule has 1 heterocycles. The molecule has 0 spiro atoms. The Kier molecular flexibility index (Phi) is 2.28. The zero-order chi connectivity index (χ0) is 9.42. The number of carbonyl (C=O) groups is 1. The third-order valence-electron chi connectivity index (χ3n) is 3.43. The zero-order valence-electron chi connectivity index (χ0n) is 8.02. The van der Waals surface area contributed by atoms with E-state index in [2.05, 4.69) is 6.92 Å². The first kappa shape index (κ1) is 9.00. The third kappa shape index (κ3) is 1.46. The molecule has 1 saturated carbocycles. The minimum absolute atomic E-state index is 0.127. The fraction of sp³-hybridized carbons (Fsp3) is 0.900.